The second kappa shape index (κ2) is 8.45. The summed E-state index contributed by atoms with van der Waals surface area (Å²) in [6, 6.07) is 0. The van der Waals surface area contributed by atoms with E-state index in [2.05, 4.69) is 28.6 Å². The van der Waals surface area contributed by atoms with Gasteiger partial charge in [-0.1, -0.05) is 45.4 Å². The molecule has 0 atom stereocenters. The fourth-order valence-electron chi connectivity index (χ4n) is 2.11. The van der Waals surface area contributed by atoms with Crippen molar-refractivity contribution in [2.75, 3.05) is 0 Å². The van der Waals surface area contributed by atoms with Crippen LogP contribution in [0.3, 0.4) is 0 Å². The summed E-state index contributed by atoms with van der Waals surface area (Å²) in [5, 5.41) is 7.15. The van der Waals surface area contributed by atoms with E-state index < -0.39 is 0 Å². The Morgan fingerprint density at radius 2 is 1.71 bits per heavy atom. The SMILES string of the molecule is CCCCCCCCCc1n[nH]c(=S)n1CC. The molecule has 0 unspecified atom stereocenters. The average Bonchev–Trinajstić information content (AvgIpc) is 2.69. The van der Waals surface area contributed by atoms with Crippen molar-refractivity contribution < 1.29 is 0 Å². The highest BCUT2D eigenvalue weighted by Crippen LogP contribution is 2.09. The molecule has 0 spiro atoms. The van der Waals surface area contributed by atoms with Crippen molar-refractivity contribution in [3.63, 3.8) is 0 Å². The molecule has 0 radical (unpaired) electrons. The van der Waals surface area contributed by atoms with Gasteiger partial charge in [0.05, 0.1) is 0 Å². The maximum Gasteiger partial charge on any atom is 0.195 e. The van der Waals surface area contributed by atoms with Gasteiger partial charge in [-0.05, 0) is 25.6 Å². The minimum atomic E-state index is 0.755. The summed E-state index contributed by atoms with van der Waals surface area (Å²) in [4.78, 5) is 0. The molecule has 0 amide bonds. The smallest absolute Gasteiger partial charge is 0.195 e. The molecule has 0 aliphatic heterocycles. The van der Waals surface area contributed by atoms with Crippen LogP contribution in [-0.2, 0) is 13.0 Å². The van der Waals surface area contributed by atoms with Crippen molar-refractivity contribution in [2.45, 2.75) is 71.8 Å². The van der Waals surface area contributed by atoms with Crippen molar-refractivity contribution in [1.29, 1.82) is 0 Å². The molecule has 1 rings (SSSR count). The van der Waals surface area contributed by atoms with Crippen molar-refractivity contribution >= 4 is 12.2 Å². The molecular weight excluding hydrogens is 230 g/mol. The molecule has 1 heterocycles. The molecule has 1 aromatic rings. The zero-order chi connectivity index (χ0) is 12.5. The Balaban J connectivity index is 2.16. The minimum absolute atomic E-state index is 0.755. The number of hydrogen-bond acceptors (Lipinski definition) is 2. The Labute approximate surface area is 110 Å². The number of rotatable bonds is 9. The zero-order valence-corrected chi connectivity index (χ0v) is 12.0. The molecule has 98 valence electrons. The lowest BCUT2D eigenvalue weighted by atomic mass is 10.1. The first-order valence-corrected chi connectivity index (χ1v) is 7.34. The second-order valence-electron chi connectivity index (χ2n) is 4.56. The minimum Gasteiger partial charge on any atom is -0.304 e. The van der Waals surface area contributed by atoms with Crippen LogP contribution in [0.1, 0.15) is 64.6 Å². The van der Waals surface area contributed by atoms with Crippen LogP contribution in [0.2, 0.25) is 0 Å². The van der Waals surface area contributed by atoms with Gasteiger partial charge in [0, 0.05) is 13.0 Å². The van der Waals surface area contributed by atoms with Crippen LogP contribution in [0.4, 0.5) is 0 Å². The normalized spacial score (nSPS) is 10.9. The predicted molar refractivity (Wildman–Crippen MR) is 74.8 cm³/mol. The van der Waals surface area contributed by atoms with Gasteiger partial charge in [0.2, 0.25) is 0 Å². The van der Waals surface area contributed by atoms with E-state index in [-0.39, 0.29) is 0 Å². The fourth-order valence-corrected chi connectivity index (χ4v) is 2.39. The van der Waals surface area contributed by atoms with E-state index in [4.69, 9.17) is 12.2 Å². The number of hydrogen-bond donors (Lipinski definition) is 1. The third kappa shape index (κ3) is 5.02. The van der Waals surface area contributed by atoms with Gasteiger partial charge < -0.3 is 4.57 Å². The predicted octanol–water partition coefficient (Wildman–Crippen LogP) is 4.25. The molecule has 3 nitrogen and oxygen atoms in total. The molecule has 0 bridgehead atoms. The van der Waals surface area contributed by atoms with Crippen molar-refractivity contribution in [1.82, 2.24) is 14.8 Å². The van der Waals surface area contributed by atoms with Gasteiger partial charge >= 0.3 is 0 Å². The summed E-state index contributed by atoms with van der Waals surface area (Å²) < 4.78 is 2.84. The van der Waals surface area contributed by atoms with Crippen LogP contribution < -0.4 is 0 Å². The zero-order valence-electron chi connectivity index (χ0n) is 11.2. The first kappa shape index (κ1) is 14.4. The topological polar surface area (TPSA) is 33.6 Å². The second-order valence-corrected chi connectivity index (χ2v) is 4.95. The maximum atomic E-state index is 5.17. The highest BCUT2D eigenvalue weighted by molar-refractivity contribution is 7.71. The van der Waals surface area contributed by atoms with E-state index in [0.717, 1.165) is 23.6 Å². The van der Waals surface area contributed by atoms with Crippen LogP contribution >= 0.6 is 12.2 Å². The Hall–Kier alpha value is -0.640. The van der Waals surface area contributed by atoms with Crippen LogP contribution in [0.15, 0.2) is 0 Å². The largest absolute Gasteiger partial charge is 0.304 e. The van der Waals surface area contributed by atoms with Gasteiger partial charge in [0.15, 0.2) is 4.77 Å². The Morgan fingerprint density at radius 1 is 1.06 bits per heavy atom. The fraction of sp³-hybridized carbons (Fsp3) is 0.846. The quantitative estimate of drug-likeness (QED) is 0.528. The summed E-state index contributed by atoms with van der Waals surface area (Å²) in [7, 11) is 0. The highest BCUT2D eigenvalue weighted by Gasteiger charge is 2.03. The number of aromatic amines is 1. The van der Waals surface area contributed by atoms with E-state index >= 15 is 0 Å². The summed E-state index contributed by atoms with van der Waals surface area (Å²) >= 11 is 5.17. The number of aromatic nitrogens is 3. The number of unbranched alkanes of at least 4 members (excludes halogenated alkanes) is 6. The van der Waals surface area contributed by atoms with Gasteiger partial charge in [0.25, 0.3) is 0 Å². The maximum absolute atomic E-state index is 5.17. The third-order valence-corrected chi connectivity index (χ3v) is 3.47. The molecule has 0 aliphatic carbocycles. The number of nitrogens with one attached hydrogen (secondary N) is 1. The Morgan fingerprint density at radius 3 is 2.35 bits per heavy atom. The standard InChI is InChI=1S/C13H25N3S/c1-3-5-6-7-8-9-10-11-12-14-15-13(17)16(12)4-2/h3-11H2,1-2H3,(H,15,17). The van der Waals surface area contributed by atoms with E-state index in [1.54, 1.807) is 0 Å². The van der Waals surface area contributed by atoms with E-state index in [0.29, 0.717) is 0 Å². The lowest BCUT2D eigenvalue weighted by molar-refractivity contribution is 0.574. The highest BCUT2D eigenvalue weighted by atomic mass is 32.1. The first-order chi connectivity index (χ1) is 8.29. The van der Waals surface area contributed by atoms with Crippen molar-refractivity contribution in [3.05, 3.63) is 10.6 Å². The molecular formula is C13H25N3S. The van der Waals surface area contributed by atoms with E-state index in [9.17, 15) is 0 Å². The molecule has 0 saturated carbocycles. The molecule has 0 aliphatic rings. The lowest BCUT2D eigenvalue weighted by Gasteiger charge is -2.03. The Bertz CT molecular complexity index is 354. The van der Waals surface area contributed by atoms with Crippen LogP contribution in [-0.4, -0.2) is 14.8 Å². The van der Waals surface area contributed by atoms with Gasteiger partial charge in [-0.3, -0.25) is 5.10 Å². The summed E-state index contributed by atoms with van der Waals surface area (Å²) in [6.07, 6.45) is 10.4. The van der Waals surface area contributed by atoms with Crippen molar-refractivity contribution in [2.24, 2.45) is 0 Å². The molecule has 0 aromatic carbocycles. The first-order valence-electron chi connectivity index (χ1n) is 6.93. The molecule has 17 heavy (non-hydrogen) atoms. The molecule has 0 saturated heterocycles. The molecule has 1 aromatic heterocycles. The summed E-state index contributed by atoms with van der Waals surface area (Å²) in [5.74, 6) is 1.12. The third-order valence-electron chi connectivity index (χ3n) is 3.16. The van der Waals surface area contributed by atoms with E-state index in [1.165, 1.54) is 44.9 Å². The number of H-pyrrole nitrogens is 1. The van der Waals surface area contributed by atoms with Gasteiger partial charge in [-0.25, -0.2) is 0 Å². The van der Waals surface area contributed by atoms with Crippen molar-refractivity contribution in [3.8, 4) is 0 Å². The number of nitrogens with zero attached hydrogens (tertiary/aromatic N) is 2. The molecule has 1 N–H and O–H groups in total. The molecule has 0 fully saturated rings. The van der Waals surface area contributed by atoms with Gasteiger partial charge in [-0.15, -0.1) is 0 Å². The Kier molecular flexibility index (Phi) is 7.17. The van der Waals surface area contributed by atoms with Crippen LogP contribution in [0.25, 0.3) is 0 Å². The van der Waals surface area contributed by atoms with Gasteiger partial charge in [-0.2, -0.15) is 5.10 Å². The monoisotopic (exact) mass is 255 g/mol. The van der Waals surface area contributed by atoms with Crippen LogP contribution in [0.5, 0.6) is 0 Å². The van der Waals surface area contributed by atoms with E-state index in [1.807, 2.05) is 0 Å². The summed E-state index contributed by atoms with van der Waals surface area (Å²) in [5.41, 5.74) is 0. The average molecular weight is 255 g/mol. The number of aryl methyl sites for hydroxylation is 1. The van der Waals surface area contributed by atoms with Crippen LogP contribution in [0, 0.1) is 4.77 Å². The lowest BCUT2D eigenvalue weighted by Crippen LogP contribution is -2.02. The molecule has 4 heteroatoms. The summed E-state index contributed by atoms with van der Waals surface area (Å²) in [6.45, 7) is 5.29. The van der Waals surface area contributed by atoms with Gasteiger partial charge in [0.1, 0.15) is 5.82 Å².